The number of H-pyrrole nitrogens is 1. The van der Waals surface area contributed by atoms with Crippen molar-refractivity contribution in [2.75, 3.05) is 0 Å². The van der Waals surface area contributed by atoms with E-state index in [9.17, 15) is 0 Å². The van der Waals surface area contributed by atoms with Gasteiger partial charge in [-0.1, -0.05) is 29.3 Å². The van der Waals surface area contributed by atoms with Crippen molar-refractivity contribution in [3.8, 4) is 22.8 Å². The van der Waals surface area contributed by atoms with Crippen molar-refractivity contribution in [3.05, 3.63) is 52.1 Å². The summed E-state index contributed by atoms with van der Waals surface area (Å²) in [6.07, 6.45) is 1.67. The average Bonchev–Trinajstić information content (AvgIpc) is 3.34. The van der Waals surface area contributed by atoms with Gasteiger partial charge in [-0.2, -0.15) is 5.10 Å². The van der Waals surface area contributed by atoms with Crippen LogP contribution in [0.25, 0.3) is 38.6 Å². The lowest BCUT2D eigenvalue weighted by molar-refractivity contribution is 0.935. The van der Waals surface area contributed by atoms with Crippen LogP contribution in [0.15, 0.2) is 42.0 Å². The van der Waals surface area contributed by atoms with Gasteiger partial charge in [0.1, 0.15) is 16.9 Å². The SMILES string of the molecule is Clc1ccc(-c2cc(-c3nc4c5ccsc5ncn4n3)[nH]n2)cc1Cl. The molecule has 25 heavy (non-hydrogen) atoms. The van der Waals surface area contributed by atoms with Crippen LogP contribution in [0.2, 0.25) is 10.0 Å². The molecule has 4 heterocycles. The highest BCUT2D eigenvalue weighted by atomic mass is 35.5. The standard InChI is InChI=1S/C16H8Cl2N6S/c17-10-2-1-8(5-11(10)18)12-6-13(22-21-12)14-20-15-9-3-4-25-16(9)19-7-24(15)23-14/h1-7H,(H,21,22). The highest BCUT2D eigenvalue weighted by Crippen LogP contribution is 2.29. The summed E-state index contributed by atoms with van der Waals surface area (Å²) in [7, 11) is 0. The minimum atomic E-state index is 0.487. The van der Waals surface area contributed by atoms with Gasteiger partial charge in [0, 0.05) is 5.56 Å². The summed E-state index contributed by atoms with van der Waals surface area (Å²) in [5.74, 6) is 0.555. The maximum Gasteiger partial charge on any atom is 0.200 e. The molecule has 0 spiro atoms. The zero-order chi connectivity index (χ0) is 17.0. The summed E-state index contributed by atoms with van der Waals surface area (Å²) in [4.78, 5) is 9.93. The molecule has 0 radical (unpaired) electrons. The Morgan fingerprint density at radius 1 is 1.08 bits per heavy atom. The van der Waals surface area contributed by atoms with Gasteiger partial charge in [0.05, 0.1) is 21.1 Å². The van der Waals surface area contributed by atoms with Gasteiger partial charge in [-0.15, -0.1) is 16.4 Å². The number of aromatic nitrogens is 6. The van der Waals surface area contributed by atoms with Gasteiger partial charge < -0.3 is 0 Å². The first-order chi connectivity index (χ1) is 12.2. The normalized spacial score (nSPS) is 11.6. The number of hydrogen-bond donors (Lipinski definition) is 1. The lowest BCUT2D eigenvalue weighted by Crippen LogP contribution is -1.88. The van der Waals surface area contributed by atoms with E-state index in [-0.39, 0.29) is 0 Å². The fraction of sp³-hybridized carbons (Fsp3) is 0. The summed E-state index contributed by atoms with van der Waals surface area (Å²) in [6, 6.07) is 9.26. The first-order valence-corrected chi connectivity index (χ1v) is 8.92. The highest BCUT2D eigenvalue weighted by molar-refractivity contribution is 7.16. The van der Waals surface area contributed by atoms with E-state index in [1.54, 1.807) is 34.3 Å². The lowest BCUT2D eigenvalue weighted by atomic mass is 10.1. The Morgan fingerprint density at radius 2 is 2.00 bits per heavy atom. The van der Waals surface area contributed by atoms with Crippen LogP contribution in [0.3, 0.4) is 0 Å². The van der Waals surface area contributed by atoms with Crippen molar-refractivity contribution < 1.29 is 0 Å². The van der Waals surface area contributed by atoms with Crippen molar-refractivity contribution in [2.24, 2.45) is 0 Å². The smallest absolute Gasteiger partial charge is 0.200 e. The number of fused-ring (bicyclic) bond motifs is 3. The molecule has 0 bridgehead atoms. The first kappa shape index (κ1) is 14.8. The molecule has 1 N–H and O–H groups in total. The Balaban J connectivity index is 1.60. The summed E-state index contributed by atoms with van der Waals surface area (Å²) < 4.78 is 1.67. The van der Waals surface area contributed by atoms with Crippen molar-refractivity contribution in [2.45, 2.75) is 0 Å². The van der Waals surface area contributed by atoms with Crippen LogP contribution in [0.5, 0.6) is 0 Å². The molecule has 4 aromatic heterocycles. The second-order valence-corrected chi connectivity index (χ2v) is 7.09. The van der Waals surface area contributed by atoms with E-state index in [1.807, 2.05) is 23.6 Å². The van der Waals surface area contributed by atoms with E-state index in [0.29, 0.717) is 21.6 Å². The summed E-state index contributed by atoms with van der Waals surface area (Å²) in [6.45, 7) is 0. The predicted molar refractivity (Wildman–Crippen MR) is 99.2 cm³/mol. The van der Waals surface area contributed by atoms with Gasteiger partial charge in [-0.3, -0.25) is 5.10 Å². The molecule has 5 rings (SSSR count). The third-order valence-electron chi connectivity index (χ3n) is 3.84. The van der Waals surface area contributed by atoms with Crippen LogP contribution in [0.4, 0.5) is 0 Å². The fourth-order valence-electron chi connectivity index (χ4n) is 2.62. The van der Waals surface area contributed by atoms with E-state index >= 15 is 0 Å². The quantitative estimate of drug-likeness (QED) is 0.477. The lowest BCUT2D eigenvalue weighted by Gasteiger charge is -1.98. The molecule has 122 valence electrons. The van der Waals surface area contributed by atoms with E-state index in [4.69, 9.17) is 23.2 Å². The molecule has 0 aliphatic carbocycles. The Labute approximate surface area is 155 Å². The minimum Gasteiger partial charge on any atom is -0.274 e. The van der Waals surface area contributed by atoms with Crippen LogP contribution in [0, 0.1) is 0 Å². The molecule has 0 aliphatic heterocycles. The molecular formula is C16H8Cl2N6S. The first-order valence-electron chi connectivity index (χ1n) is 7.29. The molecule has 0 unspecified atom stereocenters. The van der Waals surface area contributed by atoms with Crippen molar-refractivity contribution in [1.29, 1.82) is 0 Å². The van der Waals surface area contributed by atoms with E-state index in [2.05, 4.69) is 25.3 Å². The Hall–Kier alpha value is -2.48. The molecule has 0 saturated carbocycles. The highest BCUT2D eigenvalue weighted by Gasteiger charge is 2.14. The second kappa shape index (κ2) is 5.52. The Bertz CT molecular complexity index is 1240. The van der Waals surface area contributed by atoms with Gasteiger partial charge in [0.15, 0.2) is 11.5 Å². The molecule has 0 aliphatic rings. The number of nitrogens with one attached hydrogen (secondary N) is 1. The zero-order valence-electron chi connectivity index (χ0n) is 12.4. The van der Waals surface area contributed by atoms with Crippen molar-refractivity contribution in [3.63, 3.8) is 0 Å². The Kier molecular flexibility index (Phi) is 3.27. The Morgan fingerprint density at radius 3 is 2.88 bits per heavy atom. The third-order valence-corrected chi connectivity index (χ3v) is 5.40. The molecule has 0 atom stereocenters. The van der Waals surface area contributed by atoms with Crippen LogP contribution in [-0.2, 0) is 0 Å². The molecule has 0 fully saturated rings. The van der Waals surface area contributed by atoms with Crippen LogP contribution < -0.4 is 0 Å². The molecule has 6 nitrogen and oxygen atoms in total. The third kappa shape index (κ3) is 2.39. The van der Waals surface area contributed by atoms with Crippen LogP contribution in [0.1, 0.15) is 0 Å². The molecule has 5 aromatic rings. The molecule has 0 amide bonds. The van der Waals surface area contributed by atoms with E-state index in [1.165, 1.54) is 0 Å². The number of benzene rings is 1. The fourth-order valence-corrected chi connectivity index (χ4v) is 3.65. The molecule has 1 aromatic carbocycles. The van der Waals surface area contributed by atoms with Gasteiger partial charge in [-0.25, -0.2) is 14.5 Å². The monoisotopic (exact) mass is 386 g/mol. The number of halogens is 2. The summed E-state index contributed by atoms with van der Waals surface area (Å²) in [5, 5.41) is 15.8. The minimum absolute atomic E-state index is 0.487. The van der Waals surface area contributed by atoms with Gasteiger partial charge in [0.2, 0.25) is 0 Å². The second-order valence-electron chi connectivity index (χ2n) is 5.38. The predicted octanol–water partition coefficient (Wildman–Crippen LogP) is 4.70. The van der Waals surface area contributed by atoms with E-state index in [0.717, 1.165) is 27.1 Å². The van der Waals surface area contributed by atoms with Crippen molar-refractivity contribution in [1.82, 2.24) is 29.8 Å². The number of thiophene rings is 1. The summed E-state index contributed by atoms with van der Waals surface area (Å²) >= 11 is 13.6. The summed E-state index contributed by atoms with van der Waals surface area (Å²) in [5.41, 5.74) is 3.09. The average molecular weight is 387 g/mol. The van der Waals surface area contributed by atoms with E-state index < -0.39 is 0 Å². The van der Waals surface area contributed by atoms with Gasteiger partial charge in [0.25, 0.3) is 0 Å². The number of rotatable bonds is 2. The van der Waals surface area contributed by atoms with Crippen molar-refractivity contribution >= 4 is 50.4 Å². The zero-order valence-corrected chi connectivity index (χ0v) is 14.8. The molecular weight excluding hydrogens is 379 g/mol. The number of nitrogens with zero attached hydrogens (tertiary/aromatic N) is 5. The maximum atomic E-state index is 6.08. The number of aromatic amines is 1. The maximum absolute atomic E-state index is 6.08. The number of hydrogen-bond acceptors (Lipinski definition) is 5. The molecule has 0 saturated heterocycles. The van der Waals surface area contributed by atoms with Crippen LogP contribution in [-0.4, -0.2) is 29.8 Å². The van der Waals surface area contributed by atoms with Gasteiger partial charge in [-0.05, 0) is 29.6 Å². The molecule has 9 heteroatoms. The van der Waals surface area contributed by atoms with Gasteiger partial charge >= 0.3 is 0 Å². The topological polar surface area (TPSA) is 71.8 Å². The van der Waals surface area contributed by atoms with Crippen LogP contribution >= 0.6 is 34.5 Å². The largest absolute Gasteiger partial charge is 0.274 e.